The Morgan fingerprint density at radius 3 is 2.81 bits per heavy atom. The van der Waals surface area contributed by atoms with E-state index < -0.39 is 5.82 Å². The van der Waals surface area contributed by atoms with Gasteiger partial charge in [-0.15, -0.1) is 0 Å². The molecule has 0 atom stereocenters. The normalized spacial score (nSPS) is 10.1. The third-order valence-corrected chi connectivity index (χ3v) is 2.31. The first-order valence-electron chi connectivity index (χ1n) is 4.73. The summed E-state index contributed by atoms with van der Waals surface area (Å²) in [5.74, 6) is -0.0484. The third-order valence-electron chi connectivity index (χ3n) is 2.00. The lowest BCUT2D eigenvalue weighted by Gasteiger charge is -2.05. The van der Waals surface area contributed by atoms with E-state index in [4.69, 9.17) is 16.3 Å². The van der Waals surface area contributed by atoms with E-state index in [1.807, 2.05) is 18.2 Å². The fraction of sp³-hybridized carbons (Fsp3) is 0.0833. The van der Waals surface area contributed by atoms with Gasteiger partial charge in [0.25, 0.3) is 0 Å². The molecule has 0 aliphatic carbocycles. The summed E-state index contributed by atoms with van der Waals surface area (Å²) in [4.78, 5) is 4.09. The minimum absolute atomic E-state index is 0.0881. The van der Waals surface area contributed by atoms with Crippen molar-refractivity contribution in [2.75, 3.05) is 0 Å². The lowest BCUT2D eigenvalue weighted by molar-refractivity contribution is 0.300. The Morgan fingerprint density at radius 1 is 1.25 bits per heavy atom. The van der Waals surface area contributed by atoms with Gasteiger partial charge in [0.1, 0.15) is 18.2 Å². The molecule has 0 bridgehead atoms. The predicted octanol–water partition coefficient (Wildman–Crippen LogP) is 3.45. The minimum atomic E-state index is -0.486. The summed E-state index contributed by atoms with van der Waals surface area (Å²) < 4.78 is 18.4. The molecule has 2 rings (SSSR count). The number of aromatic nitrogens is 1. The topological polar surface area (TPSA) is 22.1 Å². The molecule has 1 aromatic heterocycles. The SMILES string of the molecule is Fc1cc(OCc2ccccn2)ccc1Cl. The van der Waals surface area contributed by atoms with Crippen LogP contribution in [0.3, 0.4) is 0 Å². The molecule has 1 aromatic carbocycles. The van der Waals surface area contributed by atoms with E-state index in [1.165, 1.54) is 12.1 Å². The van der Waals surface area contributed by atoms with Crippen LogP contribution in [0.2, 0.25) is 5.02 Å². The molecule has 0 radical (unpaired) electrons. The van der Waals surface area contributed by atoms with Crippen molar-refractivity contribution < 1.29 is 9.13 Å². The Kier molecular flexibility index (Phi) is 3.37. The number of ether oxygens (including phenoxy) is 1. The van der Waals surface area contributed by atoms with Gasteiger partial charge in [0.05, 0.1) is 10.7 Å². The van der Waals surface area contributed by atoms with E-state index in [0.29, 0.717) is 12.4 Å². The fourth-order valence-electron chi connectivity index (χ4n) is 1.21. The quantitative estimate of drug-likeness (QED) is 0.816. The molecule has 0 aliphatic rings. The maximum Gasteiger partial charge on any atom is 0.145 e. The molecule has 0 N–H and O–H groups in total. The summed E-state index contributed by atoms with van der Waals surface area (Å²) in [5.41, 5.74) is 0.790. The Hall–Kier alpha value is -1.61. The molecule has 0 unspecified atom stereocenters. The number of hydrogen-bond acceptors (Lipinski definition) is 2. The van der Waals surface area contributed by atoms with Gasteiger partial charge >= 0.3 is 0 Å². The molecule has 4 heteroatoms. The molecule has 0 fully saturated rings. The standard InChI is InChI=1S/C12H9ClFNO/c13-11-5-4-10(7-12(11)14)16-8-9-3-1-2-6-15-9/h1-7H,8H2. The molecule has 82 valence electrons. The molecular weight excluding hydrogens is 229 g/mol. The van der Waals surface area contributed by atoms with Gasteiger partial charge in [0, 0.05) is 12.3 Å². The van der Waals surface area contributed by atoms with Crippen LogP contribution in [0.5, 0.6) is 5.75 Å². The summed E-state index contributed by atoms with van der Waals surface area (Å²) in [6.07, 6.45) is 1.68. The van der Waals surface area contributed by atoms with Crippen LogP contribution in [0.4, 0.5) is 4.39 Å². The Morgan fingerprint density at radius 2 is 2.12 bits per heavy atom. The van der Waals surface area contributed by atoms with Crippen LogP contribution in [-0.2, 0) is 6.61 Å². The molecule has 0 spiro atoms. The van der Waals surface area contributed by atoms with Crippen molar-refractivity contribution in [1.82, 2.24) is 4.98 Å². The molecule has 0 saturated heterocycles. The Labute approximate surface area is 97.7 Å². The van der Waals surface area contributed by atoms with E-state index in [2.05, 4.69) is 4.98 Å². The van der Waals surface area contributed by atoms with E-state index in [-0.39, 0.29) is 5.02 Å². The molecule has 0 aliphatic heterocycles. The van der Waals surface area contributed by atoms with Gasteiger partial charge in [-0.3, -0.25) is 4.98 Å². The number of hydrogen-bond donors (Lipinski definition) is 0. The highest BCUT2D eigenvalue weighted by molar-refractivity contribution is 6.30. The number of pyridine rings is 1. The van der Waals surface area contributed by atoms with Crippen molar-refractivity contribution in [2.24, 2.45) is 0 Å². The second-order valence-electron chi connectivity index (χ2n) is 3.19. The van der Waals surface area contributed by atoms with Gasteiger partial charge in [0.15, 0.2) is 0 Å². The highest BCUT2D eigenvalue weighted by Gasteiger charge is 2.02. The lowest BCUT2D eigenvalue weighted by atomic mass is 10.3. The van der Waals surface area contributed by atoms with Crippen molar-refractivity contribution in [2.45, 2.75) is 6.61 Å². The van der Waals surface area contributed by atoms with Gasteiger partial charge in [-0.1, -0.05) is 17.7 Å². The lowest BCUT2D eigenvalue weighted by Crippen LogP contribution is -1.97. The summed E-state index contributed by atoms with van der Waals surface area (Å²) in [6, 6.07) is 9.87. The molecule has 2 nitrogen and oxygen atoms in total. The van der Waals surface area contributed by atoms with Crippen LogP contribution in [0.15, 0.2) is 42.6 Å². The zero-order valence-electron chi connectivity index (χ0n) is 8.36. The van der Waals surface area contributed by atoms with Crippen LogP contribution < -0.4 is 4.74 Å². The van der Waals surface area contributed by atoms with Gasteiger partial charge < -0.3 is 4.74 Å². The average Bonchev–Trinajstić information content (AvgIpc) is 2.32. The highest BCUT2D eigenvalue weighted by Crippen LogP contribution is 2.20. The van der Waals surface area contributed by atoms with Crippen LogP contribution >= 0.6 is 11.6 Å². The van der Waals surface area contributed by atoms with Gasteiger partial charge in [-0.05, 0) is 24.3 Å². The predicted molar refractivity (Wildman–Crippen MR) is 60.0 cm³/mol. The number of nitrogens with zero attached hydrogens (tertiary/aromatic N) is 1. The summed E-state index contributed by atoms with van der Waals surface area (Å²) in [6.45, 7) is 0.307. The van der Waals surface area contributed by atoms with Gasteiger partial charge in [-0.2, -0.15) is 0 Å². The van der Waals surface area contributed by atoms with Crippen molar-refractivity contribution >= 4 is 11.6 Å². The second-order valence-corrected chi connectivity index (χ2v) is 3.59. The maximum absolute atomic E-state index is 13.1. The zero-order chi connectivity index (χ0) is 11.4. The van der Waals surface area contributed by atoms with Crippen LogP contribution in [0.25, 0.3) is 0 Å². The fourth-order valence-corrected chi connectivity index (χ4v) is 1.32. The largest absolute Gasteiger partial charge is 0.487 e. The molecular formula is C12H9ClFNO. The monoisotopic (exact) mass is 237 g/mol. The molecule has 16 heavy (non-hydrogen) atoms. The van der Waals surface area contributed by atoms with Crippen molar-refractivity contribution in [3.8, 4) is 5.75 Å². The number of halogens is 2. The van der Waals surface area contributed by atoms with E-state index >= 15 is 0 Å². The maximum atomic E-state index is 13.1. The summed E-state index contributed by atoms with van der Waals surface area (Å²) in [5, 5.41) is 0.0881. The van der Waals surface area contributed by atoms with Gasteiger partial charge in [-0.25, -0.2) is 4.39 Å². The zero-order valence-corrected chi connectivity index (χ0v) is 9.12. The molecule has 1 heterocycles. The first kappa shape index (κ1) is 10.9. The Balaban J connectivity index is 2.03. The van der Waals surface area contributed by atoms with E-state index in [9.17, 15) is 4.39 Å². The van der Waals surface area contributed by atoms with Crippen molar-refractivity contribution in [1.29, 1.82) is 0 Å². The second kappa shape index (κ2) is 4.94. The Bertz CT molecular complexity index is 476. The van der Waals surface area contributed by atoms with E-state index in [0.717, 1.165) is 5.69 Å². The average molecular weight is 238 g/mol. The smallest absolute Gasteiger partial charge is 0.145 e. The number of benzene rings is 1. The van der Waals surface area contributed by atoms with E-state index in [1.54, 1.807) is 12.3 Å². The first-order chi connectivity index (χ1) is 7.75. The van der Waals surface area contributed by atoms with Crippen LogP contribution in [0, 0.1) is 5.82 Å². The van der Waals surface area contributed by atoms with Crippen LogP contribution in [-0.4, -0.2) is 4.98 Å². The number of rotatable bonds is 3. The van der Waals surface area contributed by atoms with Crippen molar-refractivity contribution in [3.05, 3.63) is 59.1 Å². The molecule has 0 saturated carbocycles. The van der Waals surface area contributed by atoms with Gasteiger partial charge in [0.2, 0.25) is 0 Å². The third kappa shape index (κ3) is 2.70. The first-order valence-corrected chi connectivity index (χ1v) is 5.11. The summed E-state index contributed by atoms with van der Waals surface area (Å²) >= 11 is 5.55. The van der Waals surface area contributed by atoms with Crippen molar-refractivity contribution in [3.63, 3.8) is 0 Å². The molecule has 2 aromatic rings. The minimum Gasteiger partial charge on any atom is -0.487 e. The molecule has 0 amide bonds. The van der Waals surface area contributed by atoms with Crippen LogP contribution in [0.1, 0.15) is 5.69 Å². The highest BCUT2D eigenvalue weighted by atomic mass is 35.5. The summed E-state index contributed by atoms with van der Waals surface area (Å²) in [7, 11) is 0.